The van der Waals surface area contributed by atoms with Crippen LogP contribution in [-0.4, -0.2) is 4.98 Å². The summed E-state index contributed by atoms with van der Waals surface area (Å²) in [5.74, 6) is -0.177. The van der Waals surface area contributed by atoms with Crippen molar-refractivity contribution in [3.63, 3.8) is 0 Å². The number of thiazole rings is 1. The van der Waals surface area contributed by atoms with Gasteiger partial charge in [-0.2, -0.15) is 0 Å². The van der Waals surface area contributed by atoms with Gasteiger partial charge >= 0.3 is 0 Å². The van der Waals surface area contributed by atoms with E-state index in [0.29, 0.717) is 0 Å². The van der Waals surface area contributed by atoms with Crippen LogP contribution in [0.3, 0.4) is 0 Å². The van der Waals surface area contributed by atoms with E-state index < -0.39 is 0 Å². The number of aryl methyl sites for hydroxylation is 2. The zero-order valence-electron chi connectivity index (χ0n) is 6.89. The maximum atomic E-state index is 12.9. The van der Waals surface area contributed by atoms with Gasteiger partial charge in [0.2, 0.25) is 0 Å². The van der Waals surface area contributed by atoms with Crippen molar-refractivity contribution in [2.75, 3.05) is 0 Å². The lowest BCUT2D eigenvalue weighted by atomic mass is 10.2. The Hall–Kier alpha value is -0.960. The average Bonchev–Trinajstić information content (AvgIpc) is 2.29. The fourth-order valence-corrected chi connectivity index (χ4v) is 2.20. The number of rotatable bonds is 0. The molecule has 0 unspecified atom stereocenters. The molecule has 1 heterocycles. The lowest BCUT2D eigenvalue weighted by molar-refractivity contribution is 0.629. The van der Waals surface area contributed by atoms with Gasteiger partial charge in [0.25, 0.3) is 0 Å². The Morgan fingerprint density at radius 1 is 1.33 bits per heavy atom. The Kier molecular flexibility index (Phi) is 1.61. The number of fused-ring (bicyclic) bond motifs is 1. The van der Waals surface area contributed by atoms with E-state index >= 15 is 0 Å². The number of hydrogen-bond acceptors (Lipinski definition) is 2. The normalized spacial score (nSPS) is 10.9. The van der Waals surface area contributed by atoms with E-state index in [1.165, 1.54) is 23.5 Å². The summed E-state index contributed by atoms with van der Waals surface area (Å²) in [6.07, 6.45) is 0. The first-order valence-electron chi connectivity index (χ1n) is 3.70. The lowest BCUT2D eigenvalue weighted by Crippen LogP contribution is -1.79. The first-order chi connectivity index (χ1) is 5.66. The molecular weight excluding hydrogens is 173 g/mol. The van der Waals surface area contributed by atoms with Gasteiger partial charge in [-0.25, -0.2) is 9.37 Å². The molecule has 0 N–H and O–H groups in total. The van der Waals surface area contributed by atoms with Gasteiger partial charge in [0.15, 0.2) is 0 Å². The molecule has 62 valence electrons. The molecule has 0 aliphatic rings. The van der Waals surface area contributed by atoms with Crippen LogP contribution in [0.5, 0.6) is 0 Å². The van der Waals surface area contributed by atoms with Crippen molar-refractivity contribution < 1.29 is 4.39 Å². The lowest BCUT2D eigenvalue weighted by Gasteiger charge is -1.93. The van der Waals surface area contributed by atoms with Crippen LogP contribution in [0.25, 0.3) is 10.2 Å². The molecule has 1 aromatic carbocycles. The van der Waals surface area contributed by atoms with Gasteiger partial charge in [0.05, 0.1) is 15.2 Å². The molecule has 1 nitrogen and oxygen atoms in total. The van der Waals surface area contributed by atoms with E-state index in [1.54, 1.807) is 0 Å². The van der Waals surface area contributed by atoms with Crippen LogP contribution in [0.2, 0.25) is 0 Å². The van der Waals surface area contributed by atoms with Gasteiger partial charge in [0, 0.05) is 0 Å². The van der Waals surface area contributed by atoms with Crippen molar-refractivity contribution in [3.05, 3.63) is 28.5 Å². The summed E-state index contributed by atoms with van der Waals surface area (Å²) < 4.78 is 13.8. The van der Waals surface area contributed by atoms with Crippen LogP contribution in [-0.2, 0) is 0 Å². The van der Waals surface area contributed by atoms with E-state index in [2.05, 4.69) is 4.98 Å². The zero-order valence-corrected chi connectivity index (χ0v) is 7.70. The fourth-order valence-electron chi connectivity index (χ4n) is 1.27. The molecule has 12 heavy (non-hydrogen) atoms. The van der Waals surface area contributed by atoms with E-state index in [-0.39, 0.29) is 5.82 Å². The van der Waals surface area contributed by atoms with Gasteiger partial charge in [-0.05, 0) is 31.5 Å². The highest BCUT2D eigenvalue weighted by Gasteiger charge is 2.04. The summed E-state index contributed by atoms with van der Waals surface area (Å²) in [7, 11) is 0. The molecule has 0 bridgehead atoms. The number of benzene rings is 1. The molecule has 0 aliphatic heterocycles. The smallest absolute Gasteiger partial charge is 0.125 e. The Balaban J connectivity index is 2.88. The third-order valence-corrected chi connectivity index (χ3v) is 2.68. The minimum absolute atomic E-state index is 0.177. The number of nitrogens with zero attached hydrogens (tertiary/aromatic N) is 1. The highest BCUT2D eigenvalue weighted by molar-refractivity contribution is 7.18. The van der Waals surface area contributed by atoms with Crippen LogP contribution in [0.1, 0.15) is 10.6 Å². The van der Waals surface area contributed by atoms with E-state index in [0.717, 1.165) is 20.8 Å². The molecule has 3 heteroatoms. The summed E-state index contributed by atoms with van der Waals surface area (Å²) in [6.45, 7) is 3.81. The Morgan fingerprint density at radius 2 is 2.08 bits per heavy atom. The zero-order chi connectivity index (χ0) is 8.72. The van der Waals surface area contributed by atoms with Gasteiger partial charge in [-0.15, -0.1) is 11.3 Å². The molecule has 0 aliphatic carbocycles. The summed E-state index contributed by atoms with van der Waals surface area (Å²) in [5.41, 5.74) is 1.84. The van der Waals surface area contributed by atoms with Crippen molar-refractivity contribution in [1.29, 1.82) is 0 Å². The average molecular weight is 181 g/mol. The van der Waals surface area contributed by atoms with Crippen molar-refractivity contribution in [2.45, 2.75) is 13.8 Å². The molecule has 0 saturated carbocycles. The molecule has 2 rings (SSSR count). The third-order valence-electron chi connectivity index (χ3n) is 1.76. The molecular formula is C9H8FNS. The maximum Gasteiger partial charge on any atom is 0.125 e. The van der Waals surface area contributed by atoms with Crippen LogP contribution in [0, 0.1) is 19.7 Å². The van der Waals surface area contributed by atoms with Crippen molar-refractivity contribution >= 4 is 21.6 Å². The molecule has 0 atom stereocenters. The minimum Gasteiger partial charge on any atom is -0.241 e. The molecule has 0 amide bonds. The van der Waals surface area contributed by atoms with E-state index in [1.807, 2.05) is 13.8 Å². The first kappa shape index (κ1) is 7.68. The quantitative estimate of drug-likeness (QED) is 0.608. The van der Waals surface area contributed by atoms with E-state index in [4.69, 9.17) is 0 Å². The minimum atomic E-state index is -0.177. The van der Waals surface area contributed by atoms with Gasteiger partial charge in [-0.3, -0.25) is 0 Å². The monoisotopic (exact) mass is 181 g/mol. The van der Waals surface area contributed by atoms with Crippen LogP contribution in [0.4, 0.5) is 4.39 Å². The summed E-state index contributed by atoms with van der Waals surface area (Å²) in [4.78, 5) is 4.31. The fraction of sp³-hybridized carbons (Fsp3) is 0.222. The van der Waals surface area contributed by atoms with Gasteiger partial charge in [-0.1, -0.05) is 0 Å². The Labute approximate surface area is 73.9 Å². The van der Waals surface area contributed by atoms with Crippen LogP contribution < -0.4 is 0 Å². The second-order valence-corrected chi connectivity index (χ2v) is 4.04. The van der Waals surface area contributed by atoms with E-state index in [9.17, 15) is 4.39 Å². The predicted molar refractivity (Wildman–Crippen MR) is 49.1 cm³/mol. The topological polar surface area (TPSA) is 12.9 Å². The number of aromatic nitrogens is 1. The standard InChI is InChI=1S/C9H8FNS/c1-5-3-7(10)4-8-9(5)11-6(2)12-8/h3-4H,1-2H3. The summed E-state index contributed by atoms with van der Waals surface area (Å²) >= 11 is 1.53. The summed E-state index contributed by atoms with van der Waals surface area (Å²) in [5, 5.41) is 0.985. The Bertz CT molecular complexity index is 433. The third kappa shape index (κ3) is 1.10. The van der Waals surface area contributed by atoms with Crippen LogP contribution in [0.15, 0.2) is 12.1 Å². The van der Waals surface area contributed by atoms with Crippen LogP contribution >= 0.6 is 11.3 Å². The van der Waals surface area contributed by atoms with Crippen molar-refractivity contribution in [3.8, 4) is 0 Å². The molecule has 1 aromatic heterocycles. The van der Waals surface area contributed by atoms with Crippen molar-refractivity contribution in [2.24, 2.45) is 0 Å². The second kappa shape index (κ2) is 2.52. The molecule has 2 aromatic rings. The predicted octanol–water partition coefficient (Wildman–Crippen LogP) is 3.05. The number of halogens is 1. The second-order valence-electron chi connectivity index (χ2n) is 2.80. The molecule has 0 saturated heterocycles. The largest absolute Gasteiger partial charge is 0.241 e. The maximum absolute atomic E-state index is 12.9. The summed E-state index contributed by atoms with van der Waals surface area (Å²) in [6, 6.07) is 3.05. The molecule has 0 fully saturated rings. The first-order valence-corrected chi connectivity index (χ1v) is 4.52. The molecule has 0 spiro atoms. The van der Waals surface area contributed by atoms with Gasteiger partial charge in [0.1, 0.15) is 5.82 Å². The van der Waals surface area contributed by atoms with Gasteiger partial charge < -0.3 is 0 Å². The SMILES string of the molecule is Cc1nc2c(C)cc(F)cc2s1. The highest BCUT2D eigenvalue weighted by Crippen LogP contribution is 2.25. The molecule has 0 radical (unpaired) electrons. The number of hydrogen-bond donors (Lipinski definition) is 0. The van der Waals surface area contributed by atoms with Crippen molar-refractivity contribution in [1.82, 2.24) is 4.98 Å². The highest BCUT2D eigenvalue weighted by atomic mass is 32.1. The Morgan fingerprint density at radius 3 is 2.83 bits per heavy atom.